The van der Waals surface area contributed by atoms with Crippen molar-refractivity contribution in [2.45, 2.75) is 19.4 Å². The van der Waals surface area contributed by atoms with Crippen LogP contribution in [0, 0.1) is 6.92 Å². The molecule has 1 aromatic heterocycles. The van der Waals surface area contributed by atoms with E-state index in [1.807, 2.05) is 48.5 Å². The number of carbonyl (C=O) groups is 1. The normalized spacial score (nSPS) is 13.6. The van der Waals surface area contributed by atoms with E-state index in [9.17, 15) is 9.59 Å². The zero-order valence-corrected chi connectivity index (χ0v) is 16.0. The number of rotatable bonds is 5. The van der Waals surface area contributed by atoms with Gasteiger partial charge in [0.2, 0.25) is 0 Å². The predicted octanol–water partition coefficient (Wildman–Crippen LogP) is 2.56. The molecule has 0 saturated heterocycles. The van der Waals surface area contributed by atoms with Crippen LogP contribution in [0.2, 0.25) is 0 Å². The number of benzene rings is 2. The van der Waals surface area contributed by atoms with Crippen molar-refractivity contribution in [1.29, 1.82) is 0 Å². The summed E-state index contributed by atoms with van der Waals surface area (Å²) in [5, 5.41) is 3.01. The summed E-state index contributed by atoms with van der Waals surface area (Å²) in [6, 6.07) is 16.4. The molecule has 3 aromatic rings. The zero-order valence-electron chi connectivity index (χ0n) is 16.0. The number of nitrogens with zero attached hydrogens (tertiary/aromatic N) is 1. The molecule has 0 spiro atoms. The van der Waals surface area contributed by atoms with Crippen molar-refractivity contribution in [3.8, 4) is 11.5 Å². The molecule has 4 rings (SSSR count). The Morgan fingerprint density at radius 1 is 1.10 bits per heavy atom. The number of carbonyl (C=O) groups excluding carboxylic acids is 1. The van der Waals surface area contributed by atoms with Crippen molar-refractivity contribution in [2.24, 2.45) is 0 Å². The SMILES string of the molecule is Cc1nc(C(=O)NC(Cc2ccccc2)c2ccc3c(c2)OCCO3)cc(=O)[nH]1. The maximum atomic E-state index is 12.8. The zero-order chi connectivity index (χ0) is 20.2. The van der Waals surface area contributed by atoms with E-state index in [2.05, 4.69) is 15.3 Å². The smallest absolute Gasteiger partial charge is 0.270 e. The quantitative estimate of drug-likeness (QED) is 0.697. The molecule has 1 atom stereocenters. The van der Waals surface area contributed by atoms with Crippen LogP contribution in [0.15, 0.2) is 59.4 Å². The number of aromatic amines is 1. The van der Waals surface area contributed by atoms with Crippen LogP contribution in [-0.4, -0.2) is 29.1 Å². The van der Waals surface area contributed by atoms with Gasteiger partial charge in [0, 0.05) is 6.07 Å². The lowest BCUT2D eigenvalue weighted by molar-refractivity contribution is 0.0930. The van der Waals surface area contributed by atoms with Crippen molar-refractivity contribution in [1.82, 2.24) is 15.3 Å². The van der Waals surface area contributed by atoms with Crippen LogP contribution in [-0.2, 0) is 6.42 Å². The third kappa shape index (κ3) is 4.45. The first-order valence-corrected chi connectivity index (χ1v) is 9.41. The number of aromatic nitrogens is 2. The molecule has 2 heterocycles. The van der Waals surface area contributed by atoms with Crippen molar-refractivity contribution in [2.75, 3.05) is 13.2 Å². The van der Waals surface area contributed by atoms with E-state index in [1.165, 1.54) is 6.07 Å². The number of ether oxygens (including phenoxy) is 2. The van der Waals surface area contributed by atoms with Crippen LogP contribution in [0.5, 0.6) is 11.5 Å². The second kappa shape index (κ2) is 8.18. The summed E-state index contributed by atoms with van der Waals surface area (Å²) in [6.07, 6.45) is 0.578. The first-order chi connectivity index (χ1) is 14.1. The summed E-state index contributed by atoms with van der Waals surface area (Å²) in [7, 11) is 0. The Morgan fingerprint density at radius 2 is 1.86 bits per heavy atom. The minimum Gasteiger partial charge on any atom is -0.486 e. The third-order valence-electron chi connectivity index (χ3n) is 4.65. The molecule has 1 amide bonds. The maximum absolute atomic E-state index is 12.8. The van der Waals surface area contributed by atoms with E-state index in [0.29, 0.717) is 37.0 Å². The first kappa shape index (κ1) is 18.7. The van der Waals surface area contributed by atoms with Gasteiger partial charge in [0.05, 0.1) is 6.04 Å². The van der Waals surface area contributed by atoms with Gasteiger partial charge in [-0.05, 0) is 36.6 Å². The molecule has 1 unspecified atom stereocenters. The molecule has 7 nitrogen and oxygen atoms in total. The van der Waals surface area contributed by atoms with Gasteiger partial charge in [-0.1, -0.05) is 36.4 Å². The molecule has 2 aromatic carbocycles. The van der Waals surface area contributed by atoms with Gasteiger partial charge in [0.1, 0.15) is 24.7 Å². The summed E-state index contributed by atoms with van der Waals surface area (Å²) >= 11 is 0. The summed E-state index contributed by atoms with van der Waals surface area (Å²) in [5.74, 6) is 1.33. The summed E-state index contributed by atoms with van der Waals surface area (Å²) in [5.41, 5.74) is 1.68. The van der Waals surface area contributed by atoms with Crippen LogP contribution < -0.4 is 20.3 Å². The van der Waals surface area contributed by atoms with Gasteiger partial charge >= 0.3 is 0 Å². The highest BCUT2D eigenvalue weighted by molar-refractivity contribution is 5.92. The van der Waals surface area contributed by atoms with Crippen molar-refractivity contribution >= 4 is 5.91 Å². The number of fused-ring (bicyclic) bond motifs is 1. The molecule has 148 valence electrons. The number of aryl methyl sites for hydroxylation is 1. The van der Waals surface area contributed by atoms with Gasteiger partial charge < -0.3 is 19.8 Å². The third-order valence-corrected chi connectivity index (χ3v) is 4.65. The monoisotopic (exact) mass is 391 g/mol. The van der Waals surface area contributed by atoms with E-state index in [1.54, 1.807) is 6.92 Å². The van der Waals surface area contributed by atoms with Crippen LogP contribution >= 0.6 is 0 Å². The molecule has 1 aliphatic heterocycles. The fourth-order valence-corrected chi connectivity index (χ4v) is 3.31. The molecule has 0 bridgehead atoms. The minimum absolute atomic E-state index is 0.0851. The van der Waals surface area contributed by atoms with E-state index in [4.69, 9.17) is 9.47 Å². The largest absolute Gasteiger partial charge is 0.486 e. The summed E-state index contributed by atoms with van der Waals surface area (Å²) in [4.78, 5) is 31.2. The van der Waals surface area contributed by atoms with Crippen LogP contribution in [0.4, 0.5) is 0 Å². The highest BCUT2D eigenvalue weighted by atomic mass is 16.6. The fraction of sp³-hybridized carbons (Fsp3) is 0.227. The van der Waals surface area contributed by atoms with E-state index < -0.39 is 5.91 Å². The van der Waals surface area contributed by atoms with Gasteiger partial charge in [-0.25, -0.2) is 4.98 Å². The van der Waals surface area contributed by atoms with Crippen LogP contribution in [0.3, 0.4) is 0 Å². The molecular formula is C22H21N3O4. The molecule has 0 aliphatic carbocycles. The van der Waals surface area contributed by atoms with E-state index in [-0.39, 0.29) is 17.3 Å². The molecule has 2 N–H and O–H groups in total. The van der Waals surface area contributed by atoms with E-state index >= 15 is 0 Å². The molecular weight excluding hydrogens is 370 g/mol. The Labute approximate surface area is 167 Å². The van der Waals surface area contributed by atoms with Crippen molar-refractivity contribution < 1.29 is 14.3 Å². The van der Waals surface area contributed by atoms with Gasteiger partial charge in [0.25, 0.3) is 11.5 Å². The van der Waals surface area contributed by atoms with Crippen LogP contribution in [0.1, 0.15) is 33.5 Å². The Kier molecular flexibility index (Phi) is 5.29. The molecule has 0 saturated carbocycles. The predicted molar refractivity (Wildman–Crippen MR) is 107 cm³/mol. The molecule has 0 radical (unpaired) electrons. The first-order valence-electron chi connectivity index (χ1n) is 9.41. The molecule has 1 aliphatic rings. The Hall–Kier alpha value is -3.61. The Bertz CT molecular complexity index is 1080. The Balaban J connectivity index is 1.65. The highest BCUT2D eigenvalue weighted by Crippen LogP contribution is 2.33. The number of H-pyrrole nitrogens is 1. The lowest BCUT2D eigenvalue weighted by atomic mass is 9.98. The standard InChI is InChI=1S/C22H21N3O4/c1-14-23-18(13-21(26)24-14)22(27)25-17(11-15-5-3-2-4-6-15)16-7-8-19-20(12-16)29-10-9-28-19/h2-8,12-13,17H,9-11H2,1H3,(H,25,27)(H,23,24,26). The Morgan fingerprint density at radius 3 is 2.62 bits per heavy atom. The molecule has 29 heavy (non-hydrogen) atoms. The van der Waals surface area contributed by atoms with Crippen molar-refractivity contribution in [3.63, 3.8) is 0 Å². The molecule has 0 fully saturated rings. The number of nitrogens with one attached hydrogen (secondary N) is 2. The lowest BCUT2D eigenvalue weighted by Gasteiger charge is -2.23. The van der Waals surface area contributed by atoms with Gasteiger partial charge in [-0.15, -0.1) is 0 Å². The second-order valence-corrected chi connectivity index (χ2v) is 6.83. The van der Waals surface area contributed by atoms with E-state index in [0.717, 1.165) is 11.1 Å². The fourth-order valence-electron chi connectivity index (χ4n) is 3.31. The topological polar surface area (TPSA) is 93.3 Å². The number of hydrogen-bond donors (Lipinski definition) is 2. The van der Waals surface area contributed by atoms with Gasteiger partial charge in [-0.3, -0.25) is 9.59 Å². The average Bonchev–Trinajstić information content (AvgIpc) is 2.73. The average molecular weight is 391 g/mol. The highest BCUT2D eigenvalue weighted by Gasteiger charge is 2.21. The number of amides is 1. The van der Waals surface area contributed by atoms with Gasteiger partial charge in [-0.2, -0.15) is 0 Å². The van der Waals surface area contributed by atoms with Crippen molar-refractivity contribution in [3.05, 3.63) is 87.6 Å². The summed E-state index contributed by atoms with van der Waals surface area (Å²) in [6.45, 7) is 2.65. The summed E-state index contributed by atoms with van der Waals surface area (Å²) < 4.78 is 11.3. The number of hydrogen-bond acceptors (Lipinski definition) is 5. The minimum atomic E-state index is -0.407. The lowest BCUT2D eigenvalue weighted by Crippen LogP contribution is -2.32. The molecule has 7 heteroatoms. The van der Waals surface area contributed by atoms with Gasteiger partial charge in [0.15, 0.2) is 11.5 Å². The second-order valence-electron chi connectivity index (χ2n) is 6.83. The maximum Gasteiger partial charge on any atom is 0.270 e. The van der Waals surface area contributed by atoms with Crippen LogP contribution in [0.25, 0.3) is 0 Å².